The first-order valence-corrected chi connectivity index (χ1v) is 8.48. The standard InChI is InChI=1S/C20H24N2O4/c1-13(24)19(18(25)12-23)22-20(26)17-8-6-16(7-9-17)15-4-2-14(3-5-15)10-11-21/h2-9,13,19,23-24H,10-12,21H2,1H3,(H,22,26)/t13-,19+/m1/s1. The number of Topliss-reactive ketones (excluding diaryl/α,β-unsaturated/α-hetero) is 1. The summed E-state index contributed by atoms with van der Waals surface area (Å²) in [5, 5.41) is 21.0. The number of aliphatic hydroxyl groups excluding tert-OH is 2. The number of carbonyl (C=O) groups is 2. The zero-order valence-electron chi connectivity index (χ0n) is 14.7. The fraction of sp³-hybridized carbons (Fsp3) is 0.300. The van der Waals surface area contributed by atoms with Crippen molar-refractivity contribution in [3.63, 3.8) is 0 Å². The Balaban J connectivity index is 2.10. The van der Waals surface area contributed by atoms with E-state index in [4.69, 9.17) is 10.8 Å². The molecule has 5 N–H and O–H groups in total. The normalized spacial score (nSPS) is 13.1. The Morgan fingerprint density at radius 3 is 2.04 bits per heavy atom. The highest BCUT2D eigenvalue weighted by Crippen LogP contribution is 2.20. The molecule has 6 nitrogen and oxygen atoms in total. The number of amides is 1. The highest BCUT2D eigenvalue weighted by Gasteiger charge is 2.25. The van der Waals surface area contributed by atoms with E-state index in [2.05, 4.69) is 5.32 Å². The van der Waals surface area contributed by atoms with Crippen molar-refractivity contribution in [1.29, 1.82) is 0 Å². The molecular weight excluding hydrogens is 332 g/mol. The predicted molar refractivity (Wildman–Crippen MR) is 99.7 cm³/mol. The van der Waals surface area contributed by atoms with Gasteiger partial charge in [-0.15, -0.1) is 0 Å². The van der Waals surface area contributed by atoms with Gasteiger partial charge in [-0.1, -0.05) is 36.4 Å². The molecule has 0 aliphatic heterocycles. The monoisotopic (exact) mass is 356 g/mol. The fourth-order valence-corrected chi connectivity index (χ4v) is 2.64. The molecule has 0 fully saturated rings. The Kier molecular flexibility index (Phi) is 7.03. The molecule has 26 heavy (non-hydrogen) atoms. The van der Waals surface area contributed by atoms with Gasteiger partial charge in [-0.2, -0.15) is 0 Å². The first-order chi connectivity index (χ1) is 12.5. The summed E-state index contributed by atoms with van der Waals surface area (Å²) in [4.78, 5) is 23.9. The van der Waals surface area contributed by atoms with Gasteiger partial charge in [0, 0.05) is 5.56 Å². The van der Waals surface area contributed by atoms with Gasteiger partial charge in [-0.25, -0.2) is 0 Å². The second kappa shape index (κ2) is 9.24. The van der Waals surface area contributed by atoms with Crippen LogP contribution in [0, 0.1) is 0 Å². The average molecular weight is 356 g/mol. The number of rotatable bonds is 8. The first kappa shape index (κ1) is 19.8. The molecular formula is C20H24N2O4. The number of carbonyl (C=O) groups excluding carboxylic acids is 2. The van der Waals surface area contributed by atoms with E-state index in [1.807, 2.05) is 36.4 Å². The molecule has 2 rings (SSSR count). The predicted octanol–water partition coefficient (Wildman–Crippen LogP) is 0.895. The molecule has 2 aromatic carbocycles. The lowest BCUT2D eigenvalue weighted by Gasteiger charge is -2.19. The molecule has 2 aromatic rings. The minimum atomic E-state index is -1.14. The van der Waals surface area contributed by atoms with Gasteiger partial charge in [0.1, 0.15) is 12.6 Å². The summed E-state index contributed by atoms with van der Waals surface area (Å²) in [7, 11) is 0. The van der Waals surface area contributed by atoms with Crippen molar-refractivity contribution >= 4 is 11.7 Å². The van der Waals surface area contributed by atoms with Crippen LogP contribution in [0.4, 0.5) is 0 Å². The lowest BCUT2D eigenvalue weighted by molar-refractivity contribution is -0.125. The van der Waals surface area contributed by atoms with E-state index in [0.717, 1.165) is 17.5 Å². The number of aliphatic hydroxyl groups is 2. The third kappa shape index (κ3) is 4.98. The summed E-state index contributed by atoms with van der Waals surface area (Å²) in [6, 6.07) is 13.9. The fourth-order valence-electron chi connectivity index (χ4n) is 2.64. The first-order valence-electron chi connectivity index (χ1n) is 8.48. The van der Waals surface area contributed by atoms with E-state index in [0.29, 0.717) is 12.1 Å². The summed E-state index contributed by atoms with van der Waals surface area (Å²) in [5.41, 5.74) is 9.06. The number of nitrogens with one attached hydrogen (secondary N) is 1. The molecule has 1 amide bonds. The number of hydrogen-bond acceptors (Lipinski definition) is 5. The minimum absolute atomic E-state index is 0.366. The van der Waals surface area contributed by atoms with Crippen molar-refractivity contribution in [3.8, 4) is 11.1 Å². The Bertz CT molecular complexity index is 739. The van der Waals surface area contributed by atoms with E-state index >= 15 is 0 Å². The van der Waals surface area contributed by atoms with Crippen molar-refractivity contribution in [2.24, 2.45) is 5.73 Å². The highest BCUT2D eigenvalue weighted by atomic mass is 16.3. The molecule has 2 atom stereocenters. The molecule has 0 radical (unpaired) electrons. The van der Waals surface area contributed by atoms with Crippen molar-refractivity contribution in [2.75, 3.05) is 13.2 Å². The minimum Gasteiger partial charge on any atom is -0.391 e. The summed E-state index contributed by atoms with van der Waals surface area (Å²) in [5.74, 6) is -1.12. The Morgan fingerprint density at radius 2 is 1.58 bits per heavy atom. The molecule has 0 aromatic heterocycles. The summed E-state index contributed by atoms with van der Waals surface area (Å²) in [6.45, 7) is 1.25. The molecule has 0 aliphatic carbocycles. The van der Waals surface area contributed by atoms with Crippen LogP contribution in [0.2, 0.25) is 0 Å². The average Bonchev–Trinajstić information content (AvgIpc) is 2.66. The van der Waals surface area contributed by atoms with Crippen molar-refractivity contribution in [1.82, 2.24) is 5.32 Å². The molecule has 0 saturated heterocycles. The quantitative estimate of drug-likeness (QED) is 0.561. The Labute approximate surface area is 152 Å². The number of benzene rings is 2. The number of ketones is 1. The van der Waals surface area contributed by atoms with Crippen molar-refractivity contribution < 1.29 is 19.8 Å². The van der Waals surface area contributed by atoms with Crippen molar-refractivity contribution in [2.45, 2.75) is 25.5 Å². The molecule has 0 heterocycles. The van der Waals surface area contributed by atoms with Crippen LogP contribution in [0.1, 0.15) is 22.8 Å². The SMILES string of the molecule is C[C@@H](O)[C@H](NC(=O)c1ccc(-c2ccc(CCN)cc2)cc1)C(=O)CO. The molecule has 0 spiro atoms. The second-order valence-electron chi connectivity index (χ2n) is 6.13. The maximum absolute atomic E-state index is 12.3. The summed E-state index contributed by atoms with van der Waals surface area (Å²) >= 11 is 0. The molecule has 138 valence electrons. The molecule has 6 heteroatoms. The zero-order valence-corrected chi connectivity index (χ0v) is 14.7. The van der Waals surface area contributed by atoms with Crippen LogP contribution in [-0.4, -0.2) is 47.2 Å². The molecule has 0 bridgehead atoms. The number of hydrogen-bond donors (Lipinski definition) is 4. The van der Waals surface area contributed by atoms with Crippen LogP contribution >= 0.6 is 0 Å². The number of nitrogens with two attached hydrogens (primary N) is 1. The van der Waals surface area contributed by atoms with E-state index in [1.165, 1.54) is 12.5 Å². The van der Waals surface area contributed by atoms with E-state index < -0.39 is 30.4 Å². The van der Waals surface area contributed by atoms with Crippen molar-refractivity contribution in [3.05, 3.63) is 59.7 Å². The lowest BCUT2D eigenvalue weighted by Crippen LogP contribution is -2.48. The van der Waals surface area contributed by atoms with Crippen LogP contribution in [0.3, 0.4) is 0 Å². The Morgan fingerprint density at radius 1 is 1.04 bits per heavy atom. The van der Waals surface area contributed by atoms with Crippen LogP contribution in [0.5, 0.6) is 0 Å². The highest BCUT2D eigenvalue weighted by molar-refractivity contribution is 5.98. The maximum Gasteiger partial charge on any atom is 0.251 e. The third-order valence-electron chi connectivity index (χ3n) is 4.14. The summed E-state index contributed by atoms with van der Waals surface area (Å²) in [6.07, 6.45) is -0.263. The van der Waals surface area contributed by atoms with Gasteiger partial charge < -0.3 is 21.3 Å². The second-order valence-corrected chi connectivity index (χ2v) is 6.13. The topological polar surface area (TPSA) is 113 Å². The van der Waals surface area contributed by atoms with E-state index in [-0.39, 0.29) is 0 Å². The van der Waals surface area contributed by atoms with Crippen LogP contribution in [0.15, 0.2) is 48.5 Å². The van der Waals surface area contributed by atoms with Gasteiger partial charge in [0.25, 0.3) is 5.91 Å². The van der Waals surface area contributed by atoms with Crippen LogP contribution in [-0.2, 0) is 11.2 Å². The van der Waals surface area contributed by atoms with Crippen LogP contribution < -0.4 is 11.1 Å². The van der Waals surface area contributed by atoms with Gasteiger partial charge in [0.2, 0.25) is 0 Å². The Hall–Kier alpha value is -2.54. The smallest absolute Gasteiger partial charge is 0.251 e. The largest absolute Gasteiger partial charge is 0.391 e. The van der Waals surface area contributed by atoms with Gasteiger partial charge in [-0.05, 0) is 48.7 Å². The van der Waals surface area contributed by atoms with Crippen LogP contribution in [0.25, 0.3) is 11.1 Å². The van der Waals surface area contributed by atoms with E-state index in [9.17, 15) is 14.7 Å². The third-order valence-corrected chi connectivity index (χ3v) is 4.14. The lowest BCUT2D eigenvalue weighted by atomic mass is 10.0. The van der Waals surface area contributed by atoms with Gasteiger partial charge in [0.15, 0.2) is 5.78 Å². The molecule has 0 aliphatic rings. The molecule has 0 unspecified atom stereocenters. The maximum atomic E-state index is 12.3. The van der Waals surface area contributed by atoms with E-state index in [1.54, 1.807) is 12.1 Å². The summed E-state index contributed by atoms with van der Waals surface area (Å²) < 4.78 is 0. The van der Waals surface area contributed by atoms with Gasteiger partial charge in [0.05, 0.1) is 6.10 Å². The molecule has 0 saturated carbocycles. The van der Waals surface area contributed by atoms with Gasteiger partial charge >= 0.3 is 0 Å². The zero-order chi connectivity index (χ0) is 19.1. The van der Waals surface area contributed by atoms with Gasteiger partial charge in [-0.3, -0.25) is 9.59 Å².